The van der Waals surface area contributed by atoms with Crippen molar-refractivity contribution in [1.29, 1.82) is 0 Å². The first-order valence-electron chi connectivity index (χ1n) is 6.52. The summed E-state index contributed by atoms with van der Waals surface area (Å²) in [6.45, 7) is 2.09. The van der Waals surface area contributed by atoms with E-state index in [0.29, 0.717) is 17.9 Å². The highest BCUT2D eigenvalue weighted by molar-refractivity contribution is 5.35. The summed E-state index contributed by atoms with van der Waals surface area (Å²) in [5.74, 6) is 1.00. The molecule has 0 saturated carbocycles. The number of nitrogens with one attached hydrogen (secondary N) is 1. The molecule has 1 aliphatic rings. The molecule has 9 heteroatoms. The van der Waals surface area contributed by atoms with Gasteiger partial charge in [-0.25, -0.2) is 4.98 Å². The molecule has 0 radical (unpaired) electrons. The lowest BCUT2D eigenvalue weighted by Crippen LogP contribution is -2.40. The Morgan fingerprint density at radius 2 is 2.25 bits per heavy atom. The first-order valence-corrected chi connectivity index (χ1v) is 6.52. The second-order valence-electron chi connectivity index (χ2n) is 4.90. The molecule has 1 unspecified atom stereocenters. The molecular formula is C11H17N9. The van der Waals surface area contributed by atoms with Crippen LogP contribution in [0, 0.1) is 0 Å². The SMILES string of the molecule is CN1CCCC(Nc2nc(N)nc(-n3cncn3)n2)C1. The van der Waals surface area contributed by atoms with E-state index in [2.05, 4.69) is 42.3 Å². The summed E-state index contributed by atoms with van der Waals surface area (Å²) in [5.41, 5.74) is 5.72. The Kier molecular flexibility index (Phi) is 3.42. The molecule has 3 heterocycles. The monoisotopic (exact) mass is 275 g/mol. The van der Waals surface area contributed by atoms with Crippen LogP contribution in [0.4, 0.5) is 11.9 Å². The number of likely N-dealkylation sites (N-methyl/N-ethyl adjacent to an activating group) is 1. The van der Waals surface area contributed by atoms with Crippen molar-refractivity contribution in [1.82, 2.24) is 34.6 Å². The van der Waals surface area contributed by atoms with Gasteiger partial charge in [0.1, 0.15) is 12.7 Å². The van der Waals surface area contributed by atoms with Crippen LogP contribution in [-0.2, 0) is 0 Å². The third-order valence-electron chi connectivity index (χ3n) is 3.22. The molecule has 1 aliphatic heterocycles. The highest BCUT2D eigenvalue weighted by atomic mass is 15.4. The van der Waals surface area contributed by atoms with Crippen LogP contribution in [0.5, 0.6) is 0 Å². The van der Waals surface area contributed by atoms with Gasteiger partial charge in [-0.3, -0.25) is 0 Å². The number of nitrogen functional groups attached to an aromatic ring is 1. The quantitative estimate of drug-likeness (QED) is 0.774. The molecule has 106 valence electrons. The van der Waals surface area contributed by atoms with E-state index in [1.165, 1.54) is 17.3 Å². The Hall–Kier alpha value is -2.29. The highest BCUT2D eigenvalue weighted by Gasteiger charge is 2.18. The van der Waals surface area contributed by atoms with Gasteiger partial charge in [0.05, 0.1) is 0 Å². The van der Waals surface area contributed by atoms with Gasteiger partial charge in [-0.05, 0) is 26.4 Å². The van der Waals surface area contributed by atoms with E-state index in [9.17, 15) is 0 Å². The van der Waals surface area contributed by atoms with Crippen LogP contribution in [0.3, 0.4) is 0 Å². The van der Waals surface area contributed by atoms with Crippen molar-refractivity contribution < 1.29 is 0 Å². The van der Waals surface area contributed by atoms with Gasteiger partial charge < -0.3 is 16.0 Å². The Morgan fingerprint density at radius 3 is 3.00 bits per heavy atom. The van der Waals surface area contributed by atoms with E-state index in [1.807, 2.05) is 0 Å². The van der Waals surface area contributed by atoms with Crippen LogP contribution in [0.15, 0.2) is 12.7 Å². The van der Waals surface area contributed by atoms with Gasteiger partial charge in [0.2, 0.25) is 11.9 Å². The van der Waals surface area contributed by atoms with Crippen molar-refractivity contribution in [3.05, 3.63) is 12.7 Å². The van der Waals surface area contributed by atoms with Crippen molar-refractivity contribution in [3.63, 3.8) is 0 Å². The first kappa shape index (κ1) is 12.7. The van der Waals surface area contributed by atoms with E-state index in [0.717, 1.165) is 25.9 Å². The number of nitrogens with two attached hydrogens (primary N) is 1. The molecule has 0 spiro atoms. The summed E-state index contributed by atoms with van der Waals surface area (Å²) in [6, 6.07) is 0.319. The molecular weight excluding hydrogens is 258 g/mol. The second-order valence-corrected chi connectivity index (χ2v) is 4.90. The van der Waals surface area contributed by atoms with Crippen LogP contribution >= 0.6 is 0 Å². The van der Waals surface area contributed by atoms with Gasteiger partial charge >= 0.3 is 0 Å². The fourth-order valence-corrected chi connectivity index (χ4v) is 2.33. The topological polar surface area (TPSA) is 111 Å². The number of likely N-dealkylation sites (tertiary alicyclic amines) is 1. The van der Waals surface area contributed by atoms with Gasteiger partial charge in [-0.1, -0.05) is 0 Å². The van der Waals surface area contributed by atoms with Crippen molar-refractivity contribution in [3.8, 4) is 5.95 Å². The standard InChI is InChI=1S/C11H17N9/c1-19-4-2-3-8(5-19)15-10-16-9(12)17-11(18-10)20-7-13-6-14-20/h6-8H,2-5H2,1H3,(H3,12,15,16,17,18). The van der Waals surface area contributed by atoms with Crippen molar-refractivity contribution in [2.24, 2.45) is 0 Å². The second kappa shape index (κ2) is 5.37. The minimum absolute atomic E-state index is 0.164. The van der Waals surface area contributed by atoms with Crippen LogP contribution in [0.2, 0.25) is 0 Å². The van der Waals surface area contributed by atoms with E-state index in [1.54, 1.807) is 0 Å². The van der Waals surface area contributed by atoms with Crippen LogP contribution in [0.1, 0.15) is 12.8 Å². The van der Waals surface area contributed by atoms with Crippen molar-refractivity contribution >= 4 is 11.9 Å². The van der Waals surface area contributed by atoms with E-state index < -0.39 is 0 Å². The lowest BCUT2D eigenvalue weighted by Gasteiger charge is -2.30. The zero-order chi connectivity index (χ0) is 13.9. The maximum atomic E-state index is 5.72. The predicted molar refractivity (Wildman–Crippen MR) is 73.3 cm³/mol. The number of hydrogen-bond acceptors (Lipinski definition) is 8. The molecule has 20 heavy (non-hydrogen) atoms. The average molecular weight is 275 g/mol. The summed E-state index contributed by atoms with van der Waals surface area (Å²) in [4.78, 5) is 18.6. The van der Waals surface area contributed by atoms with Gasteiger partial charge in [-0.2, -0.15) is 24.7 Å². The lowest BCUT2D eigenvalue weighted by atomic mass is 10.1. The molecule has 1 atom stereocenters. The zero-order valence-corrected chi connectivity index (χ0v) is 11.3. The molecule has 3 rings (SSSR count). The van der Waals surface area contributed by atoms with Gasteiger partial charge in [0.25, 0.3) is 5.95 Å². The molecule has 1 fully saturated rings. The Balaban J connectivity index is 1.79. The largest absolute Gasteiger partial charge is 0.368 e. The molecule has 2 aromatic rings. The van der Waals surface area contributed by atoms with Crippen LogP contribution in [0.25, 0.3) is 5.95 Å². The minimum Gasteiger partial charge on any atom is -0.368 e. The number of rotatable bonds is 3. The number of nitrogens with zero attached hydrogens (tertiary/aromatic N) is 7. The van der Waals surface area contributed by atoms with Crippen molar-refractivity contribution in [2.75, 3.05) is 31.2 Å². The first-order chi connectivity index (χ1) is 9.70. The maximum absolute atomic E-state index is 5.72. The van der Waals surface area contributed by atoms with Crippen LogP contribution in [-0.4, -0.2) is 60.8 Å². The average Bonchev–Trinajstić information content (AvgIpc) is 2.91. The fourth-order valence-electron chi connectivity index (χ4n) is 2.33. The number of anilines is 2. The van der Waals surface area contributed by atoms with Crippen molar-refractivity contribution in [2.45, 2.75) is 18.9 Å². The number of aromatic nitrogens is 6. The van der Waals surface area contributed by atoms with E-state index in [-0.39, 0.29) is 5.95 Å². The summed E-state index contributed by atoms with van der Waals surface area (Å²) >= 11 is 0. The molecule has 0 aliphatic carbocycles. The normalized spacial score (nSPS) is 19.9. The van der Waals surface area contributed by atoms with Gasteiger partial charge in [-0.15, -0.1) is 0 Å². The number of piperidine rings is 1. The molecule has 1 saturated heterocycles. The minimum atomic E-state index is 0.164. The highest BCUT2D eigenvalue weighted by Crippen LogP contribution is 2.13. The lowest BCUT2D eigenvalue weighted by molar-refractivity contribution is 0.260. The molecule has 0 amide bonds. The van der Waals surface area contributed by atoms with Crippen LogP contribution < -0.4 is 11.1 Å². The molecule has 9 nitrogen and oxygen atoms in total. The number of hydrogen-bond donors (Lipinski definition) is 2. The Morgan fingerprint density at radius 1 is 1.35 bits per heavy atom. The summed E-state index contributed by atoms with van der Waals surface area (Å²) in [6.07, 6.45) is 5.19. The third kappa shape index (κ3) is 2.82. The molecule has 3 N–H and O–H groups in total. The summed E-state index contributed by atoms with van der Waals surface area (Å²) in [7, 11) is 2.11. The molecule has 2 aromatic heterocycles. The molecule has 0 aromatic carbocycles. The summed E-state index contributed by atoms with van der Waals surface area (Å²) in [5, 5.41) is 7.30. The Bertz CT molecular complexity index is 567. The zero-order valence-electron chi connectivity index (χ0n) is 11.3. The van der Waals surface area contributed by atoms with Gasteiger partial charge in [0, 0.05) is 12.6 Å². The maximum Gasteiger partial charge on any atom is 0.258 e. The smallest absolute Gasteiger partial charge is 0.258 e. The predicted octanol–water partition coefficient (Wildman–Crippen LogP) is -0.459. The Labute approximate surface area is 116 Å². The molecule has 0 bridgehead atoms. The fraction of sp³-hybridized carbons (Fsp3) is 0.545. The van der Waals surface area contributed by atoms with E-state index >= 15 is 0 Å². The summed E-state index contributed by atoms with van der Waals surface area (Å²) < 4.78 is 1.45. The van der Waals surface area contributed by atoms with Gasteiger partial charge in [0.15, 0.2) is 0 Å². The third-order valence-corrected chi connectivity index (χ3v) is 3.22. The van der Waals surface area contributed by atoms with E-state index in [4.69, 9.17) is 5.73 Å².